The van der Waals surface area contributed by atoms with Crippen molar-refractivity contribution in [3.05, 3.63) is 33.3 Å². The van der Waals surface area contributed by atoms with Gasteiger partial charge in [-0.3, -0.25) is 10.1 Å². The van der Waals surface area contributed by atoms with Crippen molar-refractivity contribution < 1.29 is 4.79 Å². The van der Waals surface area contributed by atoms with E-state index in [9.17, 15) is 4.79 Å². The summed E-state index contributed by atoms with van der Waals surface area (Å²) in [4.78, 5) is 11.2. The van der Waals surface area contributed by atoms with Crippen molar-refractivity contribution in [1.82, 2.24) is 5.32 Å². The van der Waals surface area contributed by atoms with Gasteiger partial charge in [-0.25, -0.2) is 0 Å². The fourth-order valence-electron chi connectivity index (χ4n) is 0.790. The summed E-state index contributed by atoms with van der Waals surface area (Å²) >= 11 is 8.85. The molecule has 1 amide bonds. The molecule has 0 saturated carbocycles. The number of hydrogen-bond donors (Lipinski definition) is 1. The van der Waals surface area contributed by atoms with Crippen molar-refractivity contribution in [3.8, 4) is 6.19 Å². The summed E-state index contributed by atoms with van der Waals surface area (Å²) in [5.41, 5.74) is 0.342. The number of nitriles is 1. The van der Waals surface area contributed by atoms with Gasteiger partial charge in [-0.1, -0.05) is 11.6 Å². The summed E-state index contributed by atoms with van der Waals surface area (Å²) in [6.07, 6.45) is 1.55. The van der Waals surface area contributed by atoms with Crippen molar-refractivity contribution >= 4 is 33.4 Å². The molecule has 5 heteroatoms. The molecule has 0 aliphatic heterocycles. The lowest BCUT2D eigenvalue weighted by molar-refractivity contribution is 0.0972. The Morgan fingerprint density at radius 1 is 1.62 bits per heavy atom. The third kappa shape index (κ3) is 2.44. The number of amides is 1. The summed E-state index contributed by atoms with van der Waals surface area (Å²) in [5, 5.41) is 10.7. The summed E-state index contributed by atoms with van der Waals surface area (Å²) < 4.78 is 0.602. The largest absolute Gasteiger partial charge is 0.268 e. The van der Waals surface area contributed by atoms with Crippen molar-refractivity contribution in [3.63, 3.8) is 0 Å². The average Bonchev–Trinajstić information content (AvgIpc) is 2.09. The molecule has 1 aromatic rings. The molecule has 0 bridgehead atoms. The predicted molar refractivity (Wildman–Crippen MR) is 52.2 cm³/mol. The zero-order valence-electron chi connectivity index (χ0n) is 6.34. The van der Waals surface area contributed by atoms with Crippen LogP contribution >= 0.6 is 27.5 Å². The van der Waals surface area contributed by atoms with Gasteiger partial charge in [0.2, 0.25) is 0 Å². The molecular weight excluding hydrogens is 255 g/mol. The molecule has 0 heterocycles. The van der Waals surface area contributed by atoms with Gasteiger partial charge in [0.15, 0.2) is 6.19 Å². The van der Waals surface area contributed by atoms with Crippen LogP contribution in [-0.2, 0) is 0 Å². The van der Waals surface area contributed by atoms with Gasteiger partial charge in [-0.05, 0) is 34.1 Å². The highest BCUT2D eigenvalue weighted by Crippen LogP contribution is 2.20. The highest BCUT2D eigenvalue weighted by molar-refractivity contribution is 9.10. The second kappa shape index (κ2) is 4.26. The standard InChI is InChI=1S/C8H4BrClN2O/c9-7-2-1-5(10)3-6(7)8(13)12-4-11/h1-3H,(H,12,13). The van der Waals surface area contributed by atoms with E-state index in [-0.39, 0.29) is 0 Å². The van der Waals surface area contributed by atoms with Gasteiger partial charge in [-0.2, -0.15) is 5.26 Å². The fourth-order valence-corrected chi connectivity index (χ4v) is 1.39. The van der Waals surface area contributed by atoms with E-state index in [0.717, 1.165) is 0 Å². The molecule has 0 aliphatic rings. The molecule has 0 saturated heterocycles. The number of hydrogen-bond acceptors (Lipinski definition) is 2. The quantitative estimate of drug-likeness (QED) is 0.621. The highest BCUT2D eigenvalue weighted by atomic mass is 79.9. The molecule has 0 fully saturated rings. The van der Waals surface area contributed by atoms with Crippen molar-refractivity contribution in [2.24, 2.45) is 0 Å². The highest BCUT2D eigenvalue weighted by Gasteiger charge is 2.09. The van der Waals surface area contributed by atoms with Gasteiger partial charge in [0.05, 0.1) is 5.56 Å². The lowest BCUT2D eigenvalue weighted by Gasteiger charge is -2.01. The summed E-state index contributed by atoms with van der Waals surface area (Å²) in [5.74, 6) is -0.475. The summed E-state index contributed by atoms with van der Waals surface area (Å²) in [7, 11) is 0. The van der Waals surface area contributed by atoms with Crippen LogP contribution in [0.25, 0.3) is 0 Å². The number of carbonyl (C=O) groups is 1. The Kier molecular flexibility index (Phi) is 3.29. The summed E-state index contributed by atoms with van der Waals surface area (Å²) in [6, 6.07) is 4.78. The zero-order chi connectivity index (χ0) is 9.84. The van der Waals surface area contributed by atoms with Crippen molar-refractivity contribution in [2.45, 2.75) is 0 Å². The first-order valence-corrected chi connectivity index (χ1v) is 4.46. The van der Waals surface area contributed by atoms with Gasteiger partial charge in [0, 0.05) is 9.50 Å². The van der Waals surface area contributed by atoms with Crippen LogP contribution in [0.5, 0.6) is 0 Å². The number of carbonyl (C=O) groups excluding carboxylic acids is 1. The Morgan fingerprint density at radius 2 is 2.31 bits per heavy atom. The number of benzene rings is 1. The molecule has 1 aromatic carbocycles. The van der Waals surface area contributed by atoms with Gasteiger partial charge >= 0.3 is 0 Å². The van der Waals surface area contributed by atoms with Gasteiger partial charge in [0.1, 0.15) is 0 Å². The minimum absolute atomic E-state index is 0.342. The molecule has 3 nitrogen and oxygen atoms in total. The smallest absolute Gasteiger partial charge is 0.265 e. The van der Waals surface area contributed by atoms with E-state index >= 15 is 0 Å². The Bertz CT molecular complexity index is 386. The van der Waals surface area contributed by atoms with Crippen LogP contribution in [0.4, 0.5) is 0 Å². The lowest BCUT2D eigenvalue weighted by Crippen LogP contribution is -2.17. The monoisotopic (exact) mass is 258 g/mol. The molecule has 0 unspecified atom stereocenters. The van der Waals surface area contributed by atoms with E-state index in [4.69, 9.17) is 16.9 Å². The van der Waals surface area contributed by atoms with Crippen LogP contribution in [0, 0.1) is 11.5 Å². The SMILES string of the molecule is N#CNC(=O)c1cc(Cl)ccc1Br. The predicted octanol–water partition coefficient (Wildman–Crippen LogP) is 2.31. The van der Waals surface area contributed by atoms with E-state index < -0.39 is 5.91 Å². The molecule has 0 aliphatic carbocycles. The molecule has 0 radical (unpaired) electrons. The van der Waals surface area contributed by atoms with Crippen LogP contribution in [-0.4, -0.2) is 5.91 Å². The molecule has 1 N–H and O–H groups in total. The van der Waals surface area contributed by atoms with Gasteiger partial charge in [0.25, 0.3) is 5.91 Å². The van der Waals surface area contributed by atoms with Crippen LogP contribution in [0.3, 0.4) is 0 Å². The Labute approximate surface area is 88.4 Å². The van der Waals surface area contributed by atoms with E-state index in [2.05, 4.69) is 15.9 Å². The Hall–Kier alpha value is -1.05. The average molecular weight is 259 g/mol. The minimum Gasteiger partial charge on any atom is -0.268 e. The maximum atomic E-state index is 11.2. The second-order valence-corrected chi connectivity index (χ2v) is 3.48. The number of rotatable bonds is 1. The Morgan fingerprint density at radius 3 is 2.92 bits per heavy atom. The zero-order valence-corrected chi connectivity index (χ0v) is 8.69. The Balaban J connectivity index is 3.07. The second-order valence-electron chi connectivity index (χ2n) is 2.19. The lowest BCUT2D eigenvalue weighted by atomic mass is 10.2. The van der Waals surface area contributed by atoms with E-state index in [1.54, 1.807) is 18.3 Å². The molecule has 0 aromatic heterocycles. The first-order valence-electron chi connectivity index (χ1n) is 3.29. The maximum Gasteiger partial charge on any atom is 0.265 e. The van der Waals surface area contributed by atoms with E-state index in [1.165, 1.54) is 6.07 Å². The first-order chi connectivity index (χ1) is 6.15. The number of nitrogens with zero attached hydrogens (tertiary/aromatic N) is 1. The van der Waals surface area contributed by atoms with Crippen LogP contribution in [0.2, 0.25) is 5.02 Å². The van der Waals surface area contributed by atoms with Gasteiger partial charge in [-0.15, -0.1) is 0 Å². The molecule has 1 rings (SSSR count). The molecule has 0 spiro atoms. The summed E-state index contributed by atoms with van der Waals surface area (Å²) in [6.45, 7) is 0. The molecular formula is C8H4BrClN2O. The van der Waals surface area contributed by atoms with Crippen LogP contribution in [0.1, 0.15) is 10.4 Å². The van der Waals surface area contributed by atoms with Crippen LogP contribution < -0.4 is 5.32 Å². The molecule has 13 heavy (non-hydrogen) atoms. The van der Waals surface area contributed by atoms with Crippen LogP contribution in [0.15, 0.2) is 22.7 Å². The number of nitrogens with one attached hydrogen (secondary N) is 1. The molecule has 0 atom stereocenters. The first kappa shape index (κ1) is 10.0. The topological polar surface area (TPSA) is 52.9 Å². The minimum atomic E-state index is -0.475. The number of halogens is 2. The van der Waals surface area contributed by atoms with Gasteiger partial charge < -0.3 is 0 Å². The third-order valence-corrected chi connectivity index (χ3v) is 2.27. The van der Waals surface area contributed by atoms with E-state index in [1.807, 2.05) is 5.32 Å². The third-order valence-electron chi connectivity index (χ3n) is 1.34. The van der Waals surface area contributed by atoms with Crippen molar-refractivity contribution in [2.75, 3.05) is 0 Å². The van der Waals surface area contributed by atoms with E-state index in [0.29, 0.717) is 15.1 Å². The molecule has 66 valence electrons. The van der Waals surface area contributed by atoms with Crippen molar-refractivity contribution in [1.29, 1.82) is 5.26 Å². The fraction of sp³-hybridized carbons (Fsp3) is 0. The maximum absolute atomic E-state index is 11.2. The normalized spacial score (nSPS) is 9.00.